The second-order valence-corrected chi connectivity index (χ2v) is 4.99. The van der Waals surface area contributed by atoms with Crippen LogP contribution >= 0.6 is 0 Å². The number of anilines is 1. The molecule has 0 bridgehead atoms. The second-order valence-electron chi connectivity index (χ2n) is 4.99. The monoisotopic (exact) mass is 283 g/mol. The van der Waals surface area contributed by atoms with E-state index < -0.39 is 0 Å². The van der Waals surface area contributed by atoms with E-state index >= 15 is 0 Å². The van der Waals surface area contributed by atoms with Gasteiger partial charge in [-0.25, -0.2) is 4.98 Å². The van der Waals surface area contributed by atoms with E-state index in [4.69, 9.17) is 0 Å². The summed E-state index contributed by atoms with van der Waals surface area (Å²) in [6.07, 6.45) is 3.14. The lowest BCUT2D eigenvalue weighted by Gasteiger charge is -2.10. The van der Waals surface area contributed by atoms with Gasteiger partial charge in [0.1, 0.15) is 11.7 Å². The number of hydrogen-bond acceptors (Lipinski definition) is 4. The fourth-order valence-electron chi connectivity index (χ4n) is 2.31. The average Bonchev–Trinajstić information content (AvgIpc) is 2.86. The molecule has 0 aliphatic heterocycles. The van der Waals surface area contributed by atoms with E-state index in [2.05, 4.69) is 28.4 Å². The molecule has 1 aromatic carbocycles. The van der Waals surface area contributed by atoms with Crippen molar-refractivity contribution in [3.63, 3.8) is 0 Å². The lowest BCUT2D eigenvalue weighted by molar-refractivity contribution is 0.685. The molecule has 108 valence electrons. The van der Waals surface area contributed by atoms with Gasteiger partial charge in [0.05, 0.1) is 6.20 Å². The fourth-order valence-corrected chi connectivity index (χ4v) is 2.31. The summed E-state index contributed by atoms with van der Waals surface area (Å²) in [5.74, 6) is 0. The van der Waals surface area contributed by atoms with Crippen LogP contribution in [-0.2, 0) is 13.6 Å². The lowest BCUT2D eigenvalue weighted by Crippen LogP contribution is -2.24. The second kappa shape index (κ2) is 5.40. The maximum Gasteiger partial charge on any atom is 0.264 e. The van der Waals surface area contributed by atoms with E-state index in [0.29, 0.717) is 24.1 Å². The van der Waals surface area contributed by atoms with Crippen molar-refractivity contribution >= 4 is 16.7 Å². The van der Waals surface area contributed by atoms with Gasteiger partial charge in [0.2, 0.25) is 0 Å². The molecule has 2 aromatic heterocycles. The van der Waals surface area contributed by atoms with Gasteiger partial charge in [-0.1, -0.05) is 18.2 Å². The van der Waals surface area contributed by atoms with Crippen molar-refractivity contribution in [2.75, 3.05) is 11.9 Å². The number of aromatic nitrogens is 4. The van der Waals surface area contributed by atoms with E-state index in [1.165, 1.54) is 5.56 Å². The summed E-state index contributed by atoms with van der Waals surface area (Å²) in [5.41, 5.74) is 2.83. The molecule has 0 saturated carbocycles. The van der Waals surface area contributed by atoms with E-state index in [9.17, 15) is 4.79 Å². The molecule has 0 unspecified atom stereocenters. The summed E-state index contributed by atoms with van der Waals surface area (Å²) in [6.45, 7) is 3.28. The molecule has 3 rings (SSSR count). The molecule has 6 nitrogen and oxygen atoms in total. The average molecular weight is 283 g/mol. The van der Waals surface area contributed by atoms with Crippen LogP contribution in [0, 0.1) is 6.92 Å². The largest absolute Gasteiger partial charge is 0.383 e. The third-order valence-corrected chi connectivity index (χ3v) is 3.53. The molecular weight excluding hydrogens is 266 g/mol. The molecule has 2 heterocycles. The van der Waals surface area contributed by atoms with Crippen LogP contribution in [0.4, 0.5) is 5.69 Å². The van der Waals surface area contributed by atoms with Crippen LogP contribution in [0.15, 0.2) is 41.6 Å². The Bertz CT molecular complexity index is 833. The van der Waals surface area contributed by atoms with Crippen molar-refractivity contribution < 1.29 is 0 Å². The van der Waals surface area contributed by atoms with Gasteiger partial charge >= 0.3 is 0 Å². The van der Waals surface area contributed by atoms with Crippen LogP contribution in [0.1, 0.15) is 5.56 Å². The highest BCUT2D eigenvalue weighted by molar-refractivity contribution is 5.72. The molecule has 0 aliphatic carbocycles. The Balaban J connectivity index is 1.75. The predicted molar refractivity (Wildman–Crippen MR) is 82.4 cm³/mol. The molecule has 3 aromatic rings. The zero-order valence-corrected chi connectivity index (χ0v) is 12.1. The van der Waals surface area contributed by atoms with Gasteiger partial charge in [-0.2, -0.15) is 5.10 Å². The van der Waals surface area contributed by atoms with Crippen molar-refractivity contribution in [2.24, 2.45) is 7.05 Å². The van der Waals surface area contributed by atoms with Gasteiger partial charge in [0, 0.05) is 25.8 Å². The highest BCUT2D eigenvalue weighted by atomic mass is 16.1. The summed E-state index contributed by atoms with van der Waals surface area (Å²) in [7, 11) is 1.78. The standard InChI is InChI=1S/C15H17N5O/c1-11-5-3-4-6-13(11)16-7-8-20-10-17-14-12(15(20)21)9-18-19(14)2/h3-6,9-10,16H,7-8H2,1-2H3. The van der Waals surface area contributed by atoms with Gasteiger partial charge in [0.15, 0.2) is 5.65 Å². The minimum atomic E-state index is -0.0558. The predicted octanol–water partition coefficient (Wildman–Crippen LogP) is 1.55. The zero-order valence-electron chi connectivity index (χ0n) is 12.1. The topological polar surface area (TPSA) is 64.7 Å². The van der Waals surface area contributed by atoms with Crippen molar-refractivity contribution in [1.82, 2.24) is 19.3 Å². The molecule has 0 atom stereocenters. The number of nitrogens with zero attached hydrogens (tertiary/aromatic N) is 4. The molecule has 21 heavy (non-hydrogen) atoms. The summed E-state index contributed by atoms with van der Waals surface area (Å²) in [4.78, 5) is 16.6. The smallest absolute Gasteiger partial charge is 0.264 e. The van der Waals surface area contributed by atoms with Gasteiger partial charge in [-0.15, -0.1) is 0 Å². The van der Waals surface area contributed by atoms with E-state index in [0.717, 1.165) is 5.69 Å². The van der Waals surface area contributed by atoms with Crippen LogP contribution < -0.4 is 10.9 Å². The normalized spacial score (nSPS) is 11.0. The molecule has 0 spiro atoms. The Kier molecular flexibility index (Phi) is 3.43. The van der Waals surface area contributed by atoms with E-state index in [-0.39, 0.29) is 5.56 Å². The molecule has 0 saturated heterocycles. The number of nitrogens with one attached hydrogen (secondary N) is 1. The van der Waals surface area contributed by atoms with Crippen molar-refractivity contribution in [2.45, 2.75) is 13.5 Å². The van der Waals surface area contributed by atoms with Crippen molar-refractivity contribution in [1.29, 1.82) is 0 Å². The molecule has 0 amide bonds. The highest BCUT2D eigenvalue weighted by Gasteiger charge is 2.07. The number of fused-ring (bicyclic) bond motifs is 1. The van der Waals surface area contributed by atoms with Gasteiger partial charge in [-0.05, 0) is 18.6 Å². The Morgan fingerprint density at radius 2 is 2.10 bits per heavy atom. The van der Waals surface area contributed by atoms with Gasteiger partial charge < -0.3 is 5.32 Å². The maximum atomic E-state index is 12.3. The molecule has 0 fully saturated rings. The maximum absolute atomic E-state index is 12.3. The third kappa shape index (κ3) is 2.52. The molecule has 0 radical (unpaired) electrons. The first kappa shape index (κ1) is 13.4. The molecule has 6 heteroatoms. The van der Waals surface area contributed by atoms with Crippen LogP contribution in [0.25, 0.3) is 11.0 Å². The van der Waals surface area contributed by atoms with Gasteiger partial charge in [-0.3, -0.25) is 14.0 Å². The number of benzene rings is 1. The first-order valence-electron chi connectivity index (χ1n) is 6.83. The van der Waals surface area contributed by atoms with Gasteiger partial charge in [0.25, 0.3) is 5.56 Å². The summed E-state index contributed by atoms with van der Waals surface area (Å²) < 4.78 is 3.21. The molecule has 1 N–H and O–H groups in total. The SMILES string of the molecule is Cc1ccccc1NCCn1cnc2c(cnn2C)c1=O. The number of hydrogen-bond donors (Lipinski definition) is 1. The van der Waals surface area contributed by atoms with E-state index in [1.807, 2.05) is 18.2 Å². The van der Waals surface area contributed by atoms with Crippen LogP contribution in [0.5, 0.6) is 0 Å². The Hall–Kier alpha value is -2.63. The van der Waals surface area contributed by atoms with Crippen LogP contribution in [-0.4, -0.2) is 25.9 Å². The zero-order chi connectivity index (χ0) is 14.8. The highest BCUT2D eigenvalue weighted by Crippen LogP contribution is 2.12. The first-order valence-corrected chi connectivity index (χ1v) is 6.83. The van der Waals surface area contributed by atoms with Crippen LogP contribution in [0.2, 0.25) is 0 Å². The van der Waals surface area contributed by atoms with E-state index in [1.54, 1.807) is 28.8 Å². The summed E-state index contributed by atoms with van der Waals surface area (Å²) in [5, 5.41) is 7.95. The molecule has 0 aliphatic rings. The molecular formula is C15H17N5O. The fraction of sp³-hybridized carbons (Fsp3) is 0.267. The summed E-state index contributed by atoms with van der Waals surface area (Å²) >= 11 is 0. The number of aryl methyl sites for hydroxylation is 2. The quantitative estimate of drug-likeness (QED) is 0.789. The minimum absolute atomic E-state index is 0.0558. The van der Waals surface area contributed by atoms with Crippen LogP contribution in [0.3, 0.4) is 0 Å². The Labute approximate surface area is 122 Å². The lowest BCUT2D eigenvalue weighted by atomic mass is 10.2. The minimum Gasteiger partial charge on any atom is -0.383 e. The van der Waals surface area contributed by atoms with Crippen molar-refractivity contribution in [3.8, 4) is 0 Å². The number of para-hydroxylation sites is 1. The van der Waals surface area contributed by atoms with Crippen molar-refractivity contribution in [3.05, 3.63) is 52.7 Å². The summed E-state index contributed by atoms with van der Waals surface area (Å²) in [6, 6.07) is 8.08. The Morgan fingerprint density at radius 3 is 2.90 bits per heavy atom. The first-order chi connectivity index (χ1) is 10.2. The third-order valence-electron chi connectivity index (χ3n) is 3.53. The Morgan fingerprint density at radius 1 is 1.29 bits per heavy atom. The number of rotatable bonds is 4.